The molecule has 0 aliphatic carbocycles. The summed E-state index contributed by atoms with van der Waals surface area (Å²) in [6.07, 6.45) is -1.38. The van der Waals surface area contributed by atoms with Gasteiger partial charge in [-0.3, -0.25) is 0 Å². The van der Waals surface area contributed by atoms with Crippen molar-refractivity contribution in [3.05, 3.63) is 54.4 Å². The van der Waals surface area contributed by atoms with Gasteiger partial charge in [-0.15, -0.1) is 0 Å². The Morgan fingerprint density at radius 1 is 1.09 bits per heavy atom. The van der Waals surface area contributed by atoms with Crippen molar-refractivity contribution >= 4 is 5.65 Å². The van der Waals surface area contributed by atoms with Crippen LogP contribution < -0.4 is 0 Å². The van der Waals surface area contributed by atoms with Gasteiger partial charge >= 0.3 is 0 Å². The number of aliphatic hydroxyl groups excluding tert-OH is 4. The molecule has 3 aromatic rings. The summed E-state index contributed by atoms with van der Waals surface area (Å²) in [7, 11) is 0. The van der Waals surface area contributed by atoms with Crippen molar-refractivity contribution in [3.63, 3.8) is 0 Å². The fourth-order valence-corrected chi connectivity index (χ4v) is 2.31. The smallest absolute Gasteiger partial charge is 0.155 e. The highest BCUT2D eigenvalue weighted by Gasteiger charge is 2.26. The van der Waals surface area contributed by atoms with E-state index in [1.165, 1.54) is 16.9 Å². The molecule has 1 aromatic carbocycles. The fourth-order valence-electron chi connectivity index (χ4n) is 2.31. The maximum absolute atomic E-state index is 10.1. The van der Waals surface area contributed by atoms with Crippen LogP contribution in [-0.2, 0) is 0 Å². The average Bonchev–Trinajstić information content (AvgIpc) is 3.03. The fraction of sp³-hybridized carbons (Fsp3) is 0.250. The minimum atomic E-state index is -1.51. The van der Waals surface area contributed by atoms with Crippen molar-refractivity contribution in [2.24, 2.45) is 0 Å². The van der Waals surface area contributed by atoms with Crippen LogP contribution in [0.1, 0.15) is 11.7 Å². The van der Waals surface area contributed by atoms with E-state index in [4.69, 9.17) is 5.11 Å². The first kappa shape index (κ1) is 15.6. The van der Waals surface area contributed by atoms with Crippen molar-refractivity contribution in [2.75, 3.05) is 6.61 Å². The number of aromatic nitrogens is 3. The summed E-state index contributed by atoms with van der Waals surface area (Å²) in [5.74, 6) is 0. The van der Waals surface area contributed by atoms with E-state index in [1.54, 1.807) is 0 Å². The first-order chi connectivity index (χ1) is 11.1. The van der Waals surface area contributed by atoms with Crippen LogP contribution in [0.4, 0.5) is 0 Å². The topological polar surface area (TPSA) is 111 Å². The number of benzene rings is 1. The Kier molecular flexibility index (Phi) is 4.35. The zero-order valence-electron chi connectivity index (χ0n) is 12.2. The Labute approximate surface area is 132 Å². The molecule has 7 heteroatoms. The van der Waals surface area contributed by atoms with Crippen molar-refractivity contribution < 1.29 is 20.4 Å². The van der Waals surface area contributed by atoms with Crippen LogP contribution in [0.3, 0.4) is 0 Å². The molecule has 7 nitrogen and oxygen atoms in total. The Hall–Kier alpha value is -2.32. The van der Waals surface area contributed by atoms with Gasteiger partial charge in [0.15, 0.2) is 5.65 Å². The van der Waals surface area contributed by atoms with E-state index in [0.717, 1.165) is 11.3 Å². The van der Waals surface area contributed by atoms with Gasteiger partial charge in [-0.05, 0) is 0 Å². The molecule has 0 fully saturated rings. The number of fused-ring (bicyclic) bond motifs is 1. The summed E-state index contributed by atoms with van der Waals surface area (Å²) in [5.41, 5.74) is 2.56. The minimum absolute atomic E-state index is 0.292. The van der Waals surface area contributed by atoms with Crippen LogP contribution in [0.2, 0.25) is 0 Å². The van der Waals surface area contributed by atoms with Gasteiger partial charge in [0.05, 0.1) is 12.3 Å². The Morgan fingerprint density at radius 3 is 2.52 bits per heavy atom. The maximum Gasteiger partial charge on any atom is 0.155 e. The maximum atomic E-state index is 10.1. The van der Waals surface area contributed by atoms with Gasteiger partial charge in [-0.2, -0.15) is 5.10 Å². The summed E-state index contributed by atoms with van der Waals surface area (Å²) in [5, 5.41) is 42.5. The van der Waals surface area contributed by atoms with E-state index < -0.39 is 24.9 Å². The van der Waals surface area contributed by atoms with Crippen molar-refractivity contribution in [2.45, 2.75) is 18.3 Å². The van der Waals surface area contributed by atoms with Crippen LogP contribution in [-0.4, -0.2) is 53.8 Å². The highest BCUT2D eigenvalue weighted by Crippen LogP contribution is 2.22. The molecule has 0 aliphatic rings. The third-order valence-corrected chi connectivity index (χ3v) is 3.65. The molecule has 3 rings (SSSR count). The van der Waals surface area contributed by atoms with E-state index in [-0.39, 0.29) is 0 Å². The van der Waals surface area contributed by atoms with Gasteiger partial charge in [-0.25, -0.2) is 9.50 Å². The average molecular weight is 315 g/mol. The number of hydrogen-bond donors (Lipinski definition) is 4. The molecule has 0 spiro atoms. The predicted octanol–water partition coefficient (Wildman–Crippen LogP) is 0.144. The standard InChI is InChI=1S/C16H17N3O4/c20-9-13(21)16(23)15(22)11-7-17-14-6-12(18-19(14)8-11)10-4-2-1-3-5-10/h1-8,13,15-16,20-23H,9H2/t13-,15-,16-/m1/s1. The Balaban J connectivity index is 1.93. The van der Waals surface area contributed by atoms with Gasteiger partial charge in [-0.1, -0.05) is 30.3 Å². The molecule has 0 unspecified atom stereocenters. The number of rotatable bonds is 5. The molecule has 2 aromatic heterocycles. The van der Waals surface area contributed by atoms with Gasteiger partial charge in [0.2, 0.25) is 0 Å². The summed E-state index contributed by atoms with van der Waals surface area (Å²) < 4.78 is 1.50. The van der Waals surface area contributed by atoms with Crippen LogP contribution in [0.5, 0.6) is 0 Å². The summed E-state index contributed by atoms with van der Waals surface area (Å²) in [6, 6.07) is 11.4. The third kappa shape index (κ3) is 3.08. The normalized spacial score (nSPS) is 15.5. The molecule has 3 atom stereocenters. The lowest BCUT2D eigenvalue weighted by Crippen LogP contribution is -2.34. The number of nitrogens with zero attached hydrogens (tertiary/aromatic N) is 3. The third-order valence-electron chi connectivity index (χ3n) is 3.65. The molecule has 0 bridgehead atoms. The molecule has 120 valence electrons. The summed E-state index contributed by atoms with van der Waals surface area (Å²) in [4.78, 5) is 4.20. The van der Waals surface area contributed by atoms with Crippen LogP contribution in [0.25, 0.3) is 16.9 Å². The van der Waals surface area contributed by atoms with Crippen LogP contribution in [0, 0.1) is 0 Å². The summed E-state index contributed by atoms with van der Waals surface area (Å²) in [6.45, 7) is -0.645. The number of hydrogen-bond acceptors (Lipinski definition) is 6. The molecule has 0 aliphatic heterocycles. The summed E-state index contributed by atoms with van der Waals surface area (Å²) >= 11 is 0. The van der Waals surface area contributed by atoms with Crippen LogP contribution in [0.15, 0.2) is 48.8 Å². The second-order valence-corrected chi connectivity index (χ2v) is 5.27. The molecule has 23 heavy (non-hydrogen) atoms. The number of aliphatic hydroxyl groups is 4. The van der Waals surface area contributed by atoms with Crippen molar-refractivity contribution in [1.29, 1.82) is 0 Å². The van der Waals surface area contributed by atoms with E-state index >= 15 is 0 Å². The zero-order valence-corrected chi connectivity index (χ0v) is 12.2. The van der Waals surface area contributed by atoms with E-state index in [9.17, 15) is 15.3 Å². The predicted molar refractivity (Wildman–Crippen MR) is 82.5 cm³/mol. The molecular weight excluding hydrogens is 298 g/mol. The van der Waals surface area contributed by atoms with Crippen molar-refractivity contribution in [1.82, 2.24) is 14.6 Å². The molecule has 0 saturated carbocycles. The second kappa shape index (κ2) is 6.43. The monoisotopic (exact) mass is 315 g/mol. The molecule has 0 saturated heterocycles. The lowest BCUT2D eigenvalue weighted by Gasteiger charge is -2.21. The highest BCUT2D eigenvalue weighted by atomic mass is 16.4. The molecule has 0 radical (unpaired) electrons. The Morgan fingerprint density at radius 2 is 1.83 bits per heavy atom. The minimum Gasteiger partial charge on any atom is -0.394 e. The quantitative estimate of drug-likeness (QED) is 0.533. The highest BCUT2D eigenvalue weighted by molar-refractivity contribution is 5.63. The lowest BCUT2D eigenvalue weighted by molar-refractivity contribution is -0.0778. The molecule has 0 amide bonds. The first-order valence-electron chi connectivity index (χ1n) is 7.16. The van der Waals surface area contributed by atoms with E-state index in [1.807, 2.05) is 36.4 Å². The van der Waals surface area contributed by atoms with E-state index in [2.05, 4.69) is 10.1 Å². The molecule has 4 N–H and O–H groups in total. The largest absolute Gasteiger partial charge is 0.394 e. The SMILES string of the molecule is OC[C@@H](O)[C@@H](O)[C@H](O)c1cnc2cc(-c3ccccc3)nn2c1. The van der Waals surface area contributed by atoms with Gasteiger partial charge in [0, 0.05) is 29.6 Å². The van der Waals surface area contributed by atoms with E-state index in [0.29, 0.717) is 11.2 Å². The second-order valence-electron chi connectivity index (χ2n) is 5.27. The Bertz CT molecular complexity index is 790. The molecule has 2 heterocycles. The zero-order chi connectivity index (χ0) is 16.4. The first-order valence-corrected chi connectivity index (χ1v) is 7.16. The van der Waals surface area contributed by atoms with Gasteiger partial charge in [0.1, 0.15) is 18.3 Å². The van der Waals surface area contributed by atoms with Crippen LogP contribution >= 0.6 is 0 Å². The van der Waals surface area contributed by atoms with Crippen molar-refractivity contribution in [3.8, 4) is 11.3 Å². The van der Waals surface area contributed by atoms with Gasteiger partial charge in [0.25, 0.3) is 0 Å². The lowest BCUT2D eigenvalue weighted by atomic mass is 10.0. The van der Waals surface area contributed by atoms with Gasteiger partial charge < -0.3 is 20.4 Å². The molecular formula is C16H17N3O4.